The van der Waals surface area contributed by atoms with Gasteiger partial charge in [-0.1, -0.05) is 33.4 Å². The second-order valence-electron chi connectivity index (χ2n) is 8.86. The first-order valence-electron chi connectivity index (χ1n) is 10.6. The highest BCUT2D eigenvalue weighted by atomic mass is 16.5. The Morgan fingerprint density at radius 3 is 2.46 bits per heavy atom. The SMILES string of the molecule is C=C(C1N2NNC(C3CC3)=C2COCC1(C)C)N1CCC(C)C1.C=CC.CN. The fourth-order valence-electron chi connectivity index (χ4n) is 4.28. The molecule has 1 saturated carbocycles. The van der Waals surface area contributed by atoms with Crippen LogP contribution in [0.25, 0.3) is 0 Å². The van der Waals surface area contributed by atoms with Gasteiger partial charge in [-0.15, -0.1) is 12.1 Å². The van der Waals surface area contributed by atoms with Crippen LogP contribution < -0.4 is 16.7 Å². The summed E-state index contributed by atoms with van der Waals surface area (Å²) in [7, 11) is 1.50. The Hall–Kier alpha value is -1.50. The summed E-state index contributed by atoms with van der Waals surface area (Å²) in [5.41, 5.74) is 15.2. The normalized spacial score (nSPS) is 28.2. The molecule has 160 valence electrons. The molecule has 2 atom stereocenters. The van der Waals surface area contributed by atoms with Gasteiger partial charge in [0.25, 0.3) is 0 Å². The summed E-state index contributed by atoms with van der Waals surface area (Å²) in [4.78, 5) is 2.48. The topological polar surface area (TPSA) is 65.8 Å². The standard InChI is InChI=1S/C18H30N4O.C3H6.CH5N/c1-12-7-8-21(9-12)13(2)17-18(3,4)11-23-10-15-16(14-5-6-14)19-20-22(15)17;1-3-2;1-2/h12,14,17,19-20H,2,5-11H2,1,3-4H3;3H,1H2,2H3;2H2,1H3. The van der Waals surface area contributed by atoms with E-state index in [1.54, 1.807) is 6.08 Å². The van der Waals surface area contributed by atoms with E-state index in [0.717, 1.165) is 25.6 Å². The lowest BCUT2D eigenvalue weighted by molar-refractivity contribution is 0.0496. The lowest BCUT2D eigenvalue weighted by atomic mass is 9.82. The molecule has 3 fully saturated rings. The molecular formula is C22H41N5O. The summed E-state index contributed by atoms with van der Waals surface area (Å²) < 4.78 is 6.06. The van der Waals surface area contributed by atoms with Gasteiger partial charge in [0.2, 0.25) is 0 Å². The van der Waals surface area contributed by atoms with Crippen molar-refractivity contribution in [3.8, 4) is 0 Å². The number of likely N-dealkylation sites (tertiary alicyclic amines) is 1. The van der Waals surface area contributed by atoms with Crippen LogP contribution in [0, 0.1) is 17.3 Å². The Morgan fingerprint density at radius 2 is 1.93 bits per heavy atom. The maximum Gasteiger partial charge on any atom is 0.0934 e. The van der Waals surface area contributed by atoms with E-state index in [1.807, 2.05) is 6.92 Å². The van der Waals surface area contributed by atoms with Gasteiger partial charge >= 0.3 is 0 Å². The van der Waals surface area contributed by atoms with E-state index in [2.05, 4.69) is 60.5 Å². The van der Waals surface area contributed by atoms with E-state index in [4.69, 9.17) is 4.74 Å². The Kier molecular flexibility index (Phi) is 7.98. The maximum absolute atomic E-state index is 6.06. The quantitative estimate of drug-likeness (QED) is 0.643. The minimum Gasteiger partial charge on any atom is -0.374 e. The van der Waals surface area contributed by atoms with Gasteiger partial charge in [-0.25, -0.2) is 0 Å². The van der Waals surface area contributed by atoms with Gasteiger partial charge in [-0.2, -0.15) is 0 Å². The van der Waals surface area contributed by atoms with E-state index in [9.17, 15) is 0 Å². The zero-order valence-electron chi connectivity index (χ0n) is 18.6. The number of nitrogens with two attached hydrogens (primary N) is 1. The highest BCUT2D eigenvalue weighted by molar-refractivity contribution is 5.27. The van der Waals surface area contributed by atoms with Crippen LogP contribution in [0.5, 0.6) is 0 Å². The summed E-state index contributed by atoms with van der Waals surface area (Å²) in [6.45, 7) is 20.4. The number of fused-ring (bicyclic) bond motifs is 1. The molecule has 0 amide bonds. The summed E-state index contributed by atoms with van der Waals surface area (Å²) in [6.07, 6.45) is 5.60. The van der Waals surface area contributed by atoms with E-state index in [0.29, 0.717) is 12.5 Å². The molecule has 0 radical (unpaired) electrons. The van der Waals surface area contributed by atoms with Crippen molar-refractivity contribution < 1.29 is 4.74 Å². The first kappa shape index (κ1) is 22.8. The van der Waals surface area contributed by atoms with Crippen LogP contribution in [-0.4, -0.2) is 49.3 Å². The predicted octanol–water partition coefficient (Wildman–Crippen LogP) is 2.98. The number of ether oxygens (including phenoxy) is 1. The average Bonchev–Trinajstić information content (AvgIpc) is 3.32. The molecule has 2 unspecified atom stereocenters. The molecule has 6 nitrogen and oxygen atoms in total. The fourth-order valence-corrected chi connectivity index (χ4v) is 4.28. The van der Waals surface area contributed by atoms with Crippen molar-refractivity contribution in [2.75, 3.05) is 33.4 Å². The summed E-state index contributed by atoms with van der Waals surface area (Å²) in [5, 5.41) is 2.31. The van der Waals surface area contributed by atoms with Gasteiger partial charge in [0.1, 0.15) is 0 Å². The van der Waals surface area contributed by atoms with Crippen molar-refractivity contribution >= 4 is 0 Å². The summed E-state index contributed by atoms with van der Waals surface area (Å²) >= 11 is 0. The van der Waals surface area contributed by atoms with Crippen LogP contribution in [0.1, 0.15) is 47.0 Å². The van der Waals surface area contributed by atoms with Crippen LogP contribution in [0.4, 0.5) is 0 Å². The molecule has 0 bridgehead atoms. The number of hydrazine groups is 2. The van der Waals surface area contributed by atoms with Crippen LogP contribution in [-0.2, 0) is 4.74 Å². The lowest BCUT2D eigenvalue weighted by Crippen LogP contribution is -2.54. The molecule has 4 aliphatic rings. The molecule has 6 heteroatoms. The number of rotatable bonds is 3. The summed E-state index contributed by atoms with van der Waals surface area (Å²) in [5.74, 6) is 1.45. The maximum atomic E-state index is 6.06. The highest BCUT2D eigenvalue weighted by Gasteiger charge is 2.46. The van der Waals surface area contributed by atoms with Gasteiger partial charge in [-0.05, 0) is 39.2 Å². The molecule has 3 aliphatic heterocycles. The van der Waals surface area contributed by atoms with Crippen molar-refractivity contribution in [3.63, 3.8) is 0 Å². The third-order valence-corrected chi connectivity index (χ3v) is 5.76. The van der Waals surface area contributed by atoms with Crippen molar-refractivity contribution in [2.24, 2.45) is 23.0 Å². The molecule has 1 aliphatic carbocycles. The highest BCUT2D eigenvalue weighted by Crippen LogP contribution is 2.43. The number of nitrogens with zero attached hydrogens (tertiary/aromatic N) is 2. The van der Waals surface area contributed by atoms with Gasteiger partial charge in [-0.3, -0.25) is 5.01 Å². The van der Waals surface area contributed by atoms with E-state index >= 15 is 0 Å². The molecule has 4 N–H and O–H groups in total. The first-order valence-corrected chi connectivity index (χ1v) is 10.6. The van der Waals surface area contributed by atoms with Crippen LogP contribution >= 0.6 is 0 Å². The van der Waals surface area contributed by atoms with Gasteiger partial charge in [0.05, 0.1) is 30.6 Å². The minimum atomic E-state index is 0.0122. The molecular weight excluding hydrogens is 350 g/mol. The van der Waals surface area contributed by atoms with Crippen molar-refractivity contribution in [1.29, 1.82) is 0 Å². The Balaban J connectivity index is 0.000000514. The molecule has 0 aromatic carbocycles. The average molecular weight is 392 g/mol. The molecule has 28 heavy (non-hydrogen) atoms. The second kappa shape index (κ2) is 9.81. The largest absolute Gasteiger partial charge is 0.374 e. The van der Waals surface area contributed by atoms with E-state index in [1.165, 1.54) is 43.4 Å². The third kappa shape index (κ3) is 4.91. The Morgan fingerprint density at radius 1 is 1.29 bits per heavy atom. The first-order chi connectivity index (χ1) is 13.4. The van der Waals surface area contributed by atoms with Crippen LogP contribution in [0.2, 0.25) is 0 Å². The number of hydrogen-bond acceptors (Lipinski definition) is 6. The third-order valence-electron chi connectivity index (χ3n) is 5.76. The monoisotopic (exact) mass is 391 g/mol. The zero-order chi connectivity index (χ0) is 20.9. The Labute approximate surface area is 171 Å². The zero-order valence-corrected chi connectivity index (χ0v) is 18.6. The molecule has 2 saturated heterocycles. The molecule has 3 heterocycles. The molecule has 0 aromatic rings. The Bertz CT molecular complexity index is 581. The number of allylic oxidation sites excluding steroid dienone is 2. The van der Waals surface area contributed by atoms with Gasteiger partial charge in [0.15, 0.2) is 0 Å². The fraction of sp³-hybridized carbons (Fsp3) is 0.727. The predicted molar refractivity (Wildman–Crippen MR) is 117 cm³/mol. The van der Waals surface area contributed by atoms with Gasteiger partial charge in [0, 0.05) is 30.1 Å². The molecule has 0 spiro atoms. The van der Waals surface area contributed by atoms with Crippen LogP contribution in [0.3, 0.4) is 0 Å². The molecule has 4 rings (SSSR count). The minimum absolute atomic E-state index is 0.0122. The van der Waals surface area contributed by atoms with Crippen LogP contribution in [0.15, 0.2) is 36.3 Å². The second-order valence-corrected chi connectivity index (χ2v) is 8.86. The number of hydrogen-bond donors (Lipinski definition) is 3. The van der Waals surface area contributed by atoms with Crippen molar-refractivity contribution in [1.82, 2.24) is 20.9 Å². The van der Waals surface area contributed by atoms with Crippen molar-refractivity contribution in [2.45, 2.75) is 53.0 Å². The van der Waals surface area contributed by atoms with Crippen molar-refractivity contribution in [3.05, 3.63) is 36.3 Å². The lowest BCUT2D eigenvalue weighted by Gasteiger charge is -2.42. The van der Waals surface area contributed by atoms with E-state index < -0.39 is 0 Å². The smallest absolute Gasteiger partial charge is 0.0934 e. The summed E-state index contributed by atoms with van der Waals surface area (Å²) in [6, 6.07) is 0.217. The molecule has 0 aromatic heterocycles. The number of nitrogens with one attached hydrogen (secondary N) is 2. The van der Waals surface area contributed by atoms with Gasteiger partial charge < -0.3 is 20.8 Å². The van der Waals surface area contributed by atoms with E-state index in [-0.39, 0.29) is 11.5 Å².